The van der Waals surface area contributed by atoms with Gasteiger partial charge in [-0.15, -0.1) is 6.58 Å². The maximum atomic E-state index is 3.84. The molecular formula is C12H24N2. The third-order valence-electron chi connectivity index (χ3n) is 2.99. The second-order valence-corrected chi connectivity index (χ2v) is 5.75. The first-order chi connectivity index (χ1) is 6.37. The van der Waals surface area contributed by atoms with Crippen LogP contribution in [0.4, 0.5) is 0 Å². The van der Waals surface area contributed by atoms with Crippen LogP contribution in [0.25, 0.3) is 0 Å². The van der Waals surface area contributed by atoms with E-state index in [2.05, 4.69) is 44.5 Å². The van der Waals surface area contributed by atoms with Crippen molar-refractivity contribution in [1.29, 1.82) is 0 Å². The molecule has 0 bridgehead atoms. The zero-order valence-corrected chi connectivity index (χ0v) is 10.1. The lowest BCUT2D eigenvalue weighted by atomic mass is 9.92. The third kappa shape index (κ3) is 2.82. The Morgan fingerprint density at radius 2 is 1.93 bits per heavy atom. The van der Waals surface area contributed by atoms with Crippen molar-refractivity contribution in [2.45, 2.75) is 33.2 Å². The molecule has 1 heterocycles. The Balaban J connectivity index is 2.77. The molecule has 2 heteroatoms. The largest absolute Gasteiger partial charge is 0.314 e. The van der Waals surface area contributed by atoms with Crippen LogP contribution in [0.15, 0.2) is 12.7 Å². The third-order valence-corrected chi connectivity index (χ3v) is 2.99. The molecule has 1 fully saturated rings. The minimum absolute atomic E-state index is 0.238. The van der Waals surface area contributed by atoms with Gasteiger partial charge >= 0.3 is 0 Å². The van der Waals surface area contributed by atoms with Gasteiger partial charge in [-0.1, -0.05) is 19.9 Å². The summed E-state index contributed by atoms with van der Waals surface area (Å²) in [4.78, 5) is 2.51. The molecule has 0 aromatic rings. The fraction of sp³-hybridized carbons (Fsp3) is 0.833. The van der Waals surface area contributed by atoms with Crippen molar-refractivity contribution in [2.24, 2.45) is 5.41 Å². The summed E-state index contributed by atoms with van der Waals surface area (Å²) in [6, 6.07) is 0. The smallest absolute Gasteiger partial charge is 0.0281 e. The molecule has 0 atom stereocenters. The number of rotatable bonds is 2. The molecule has 0 aromatic heterocycles. The van der Waals surface area contributed by atoms with Crippen LogP contribution in [-0.4, -0.2) is 36.6 Å². The van der Waals surface area contributed by atoms with Gasteiger partial charge in [0.2, 0.25) is 0 Å². The van der Waals surface area contributed by atoms with Gasteiger partial charge in [-0.25, -0.2) is 0 Å². The van der Waals surface area contributed by atoms with Crippen molar-refractivity contribution < 1.29 is 0 Å². The summed E-state index contributed by atoms with van der Waals surface area (Å²) in [5.41, 5.74) is 0.596. The highest BCUT2D eigenvalue weighted by atomic mass is 15.2. The fourth-order valence-electron chi connectivity index (χ4n) is 2.07. The summed E-state index contributed by atoms with van der Waals surface area (Å²) in [7, 11) is 0. The van der Waals surface area contributed by atoms with E-state index in [1.54, 1.807) is 0 Å². The van der Waals surface area contributed by atoms with Crippen LogP contribution in [0.3, 0.4) is 0 Å². The molecule has 0 unspecified atom stereocenters. The molecule has 0 aromatic carbocycles. The molecule has 1 aliphatic heterocycles. The number of hydrogen-bond donors (Lipinski definition) is 1. The SMILES string of the molecule is C=CCN1CC(C)(C)CNCC1(C)C. The van der Waals surface area contributed by atoms with E-state index in [9.17, 15) is 0 Å². The summed E-state index contributed by atoms with van der Waals surface area (Å²) >= 11 is 0. The maximum absolute atomic E-state index is 3.84. The van der Waals surface area contributed by atoms with E-state index in [1.807, 2.05) is 6.08 Å². The molecule has 2 nitrogen and oxygen atoms in total. The number of nitrogens with zero attached hydrogens (tertiary/aromatic N) is 1. The van der Waals surface area contributed by atoms with E-state index in [1.165, 1.54) is 0 Å². The van der Waals surface area contributed by atoms with Crippen molar-refractivity contribution in [3.8, 4) is 0 Å². The summed E-state index contributed by atoms with van der Waals surface area (Å²) in [6.45, 7) is 17.3. The Bertz CT molecular complexity index is 206. The molecule has 0 spiro atoms. The van der Waals surface area contributed by atoms with Crippen molar-refractivity contribution in [2.75, 3.05) is 26.2 Å². The van der Waals surface area contributed by atoms with Crippen molar-refractivity contribution in [3.05, 3.63) is 12.7 Å². The number of hydrogen-bond acceptors (Lipinski definition) is 2. The second-order valence-electron chi connectivity index (χ2n) is 5.75. The lowest BCUT2D eigenvalue weighted by Crippen LogP contribution is -2.49. The normalized spacial score (nSPS) is 26.9. The molecule has 82 valence electrons. The highest BCUT2D eigenvalue weighted by Crippen LogP contribution is 2.25. The molecule has 1 N–H and O–H groups in total. The quantitative estimate of drug-likeness (QED) is 0.678. The van der Waals surface area contributed by atoms with E-state index >= 15 is 0 Å². The molecule has 14 heavy (non-hydrogen) atoms. The summed E-state index contributed by atoms with van der Waals surface area (Å²) < 4.78 is 0. The molecular weight excluding hydrogens is 172 g/mol. The molecule has 0 aliphatic carbocycles. The van der Waals surface area contributed by atoms with E-state index < -0.39 is 0 Å². The zero-order chi connectivity index (χ0) is 10.8. The van der Waals surface area contributed by atoms with Crippen LogP contribution in [-0.2, 0) is 0 Å². The van der Waals surface area contributed by atoms with Gasteiger partial charge in [-0.3, -0.25) is 4.90 Å². The summed E-state index contributed by atoms with van der Waals surface area (Å²) in [5, 5.41) is 3.54. The maximum Gasteiger partial charge on any atom is 0.0281 e. The van der Waals surface area contributed by atoms with Crippen LogP contribution in [0, 0.1) is 5.41 Å². The second kappa shape index (κ2) is 4.03. The zero-order valence-electron chi connectivity index (χ0n) is 10.1. The van der Waals surface area contributed by atoms with Gasteiger partial charge < -0.3 is 5.32 Å². The van der Waals surface area contributed by atoms with E-state index in [-0.39, 0.29) is 5.54 Å². The Kier molecular flexibility index (Phi) is 3.38. The van der Waals surface area contributed by atoms with Crippen LogP contribution in [0.2, 0.25) is 0 Å². The Labute approximate surface area is 88.4 Å². The Hall–Kier alpha value is -0.340. The molecule has 1 saturated heterocycles. The predicted molar refractivity (Wildman–Crippen MR) is 62.5 cm³/mol. The minimum atomic E-state index is 0.238. The standard InChI is InChI=1S/C12H24N2/c1-6-7-14-10-11(2,3)8-13-9-12(14,4)5/h6,13H,1,7-10H2,2-5H3. The Morgan fingerprint density at radius 3 is 2.50 bits per heavy atom. The number of nitrogens with one attached hydrogen (secondary N) is 1. The first-order valence-corrected chi connectivity index (χ1v) is 5.44. The van der Waals surface area contributed by atoms with Gasteiger partial charge in [-0.2, -0.15) is 0 Å². The van der Waals surface area contributed by atoms with Crippen molar-refractivity contribution >= 4 is 0 Å². The highest BCUT2D eigenvalue weighted by molar-refractivity contribution is 4.94. The predicted octanol–water partition coefficient (Wildman–Crippen LogP) is 1.88. The van der Waals surface area contributed by atoms with Gasteiger partial charge in [0.15, 0.2) is 0 Å². The van der Waals surface area contributed by atoms with E-state index in [0.717, 1.165) is 26.2 Å². The van der Waals surface area contributed by atoms with Gasteiger partial charge in [0.1, 0.15) is 0 Å². The molecule has 0 saturated carbocycles. The monoisotopic (exact) mass is 196 g/mol. The molecule has 0 radical (unpaired) electrons. The van der Waals surface area contributed by atoms with Crippen LogP contribution >= 0.6 is 0 Å². The molecule has 0 amide bonds. The van der Waals surface area contributed by atoms with Crippen molar-refractivity contribution in [3.63, 3.8) is 0 Å². The van der Waals surface area contributed by atoms with E-state index in [4.69, 9.17) is 0 Å². The molecule has 1 rings (SSSR count). The highest BCUT2D eigenvalue weighted by Gasteiger charge is 2.34. The minimum Gasteiger partial charge on any atom is -0.314 e. The van der Waals surface area contributed by atoms with Gasteiger partial charge in [0.05, 0.1) is 0 Å². The average Bonchev–Trinajstić information content (AvgIpc) is 2.10. The van der Waals surface area contributed by atoms with Crippen LogP contribution in [0.1, 0.15) is 27.7 Å². The Morgan fingerprint density at radius 1 is 1.29 bits per heavy atom. The first kappa shape index (κ1) is 11.7. The van der Waals surface area contributed by atoms with Crippen LogP contribution < -0.4 is 5.32 Å². The first-order valence-electron chi connectivity index (χ1n) is 5.44. The van der Waals surface area contributed by atoms with Gasteiger partial charge in [0.25, 0.3) is 0 Å². The van der Waals surface area contributed by atoms with Gasteiger partial charge in [-0.05, 0) is 19.3 Å². The van der Waals surface area contributed by atoms with Crippen LogP contribution in [0.5, 0.6) is 0 Å². The topological polar surface area (TPSA) is 15.3 Å². The van der Waals surface area contributed by atoms with Crippen molar-refractivity contribution in [1.82, 2.24) is 10.2 Å². The summed E-state index contributed by atoms with van der Waals surface area (Å²) in [5.74, 6) is 0. The molecule has 1 aliphatic rings. The van der Waals surface area contributed by atoms with Gasteiger partial charge in [0, 0.05) is 31.7 Å². The average molecular weight is 196 g/mol. The van der Waals surface area contributed by atoms with E-state index in [0.29, 0.717) is 5.41 Å². The lowest BCUT2D eigenvalue weighted by Gasteiger charge is -2.38. The fourth-order valence-corrected chi connectivity index (χ4v) is 2.07. The summed E-state index contributed by atoms with van der Waals surface area (Å²) in [6.07, 6.45) is 2.00. The lowest BCUT2D eigenvalue weighted by molar-refractivity contribution is 0.115.